The molecule has 1 fully saturated rings. The molecule has 1 N–H and O–H groups in total. The third-order valence-electron chi connectivity index (χ3n) is 4.04. The van der Waals surface area contributed by atoms with Crippen LogP contribution in [0.3, 0.4) is 0 Å². The molecule has 21 heavy (non-hydrogen) atoms. The van der Waals surface area contributed by atoms with Gasteiger partial charge in [-0.05, 0) is 49.4 Å². The number of ether oxygens (including phenoxy) is 1. The summed E-state index contributed by atoms with van der Waals surface area (Å²) in [6.45, 7) is 2.74. The van der Waals surface area contributed by atoms with Gasteiger partial charge >= 0.3 is 0 Å². The Balaban J connectivity index is 1.81. The molecule has 0 radical (unpaired) electrons. The minimum Gasteiger partial charge on any atom is -0.481 e. The highest BCUT2D eigenvalue weighted by Gasteiger charge is 2.20. The molecule has 1 aliphatic rings. The second kappa shape index (κ2) is 8.28. The van der Waals surface area contributed by atoms with Gasteiger partial charge in [0.05, 0.1) is 0 Å². The van der Waals surface area contributed by atoms with E-state index in [-0.39, 0.29) is 5.91 Å². The van der Waals surface area contributed by atoms with Crippen molar-refractivity contribution in [2.45, 2.75) is 51.6 Å². The number of carbonyl (C=O) groups excluding carboxylic acids is 1. The summed E-state index contributed by atoms with van der Waals surface area (Å²) in [4.78, 5) is 12.2. The van der Waals surface area contributed by atoms with Gasteiger partial charge in [-0.1, -0.05) is 37.8 Å². The van der Waals surface area contributed by atoms with Crippen molar-refractivity contribution < 1.29 is 9.53 Å². The zero-order valence-corrected chi connectivity index (χ0v) is 13.4. The Labute approximate surface area is 132 Å². The highest BCUT2D eigenvalue weighted by Crippen LogP contribution is 2.23. The second-order valence-electron chi connectivity index (χ2n) is 5.72. The molecule has 1 saturated carbocycles. The summed E-state index contributed by atoms with van der Waals surface area (Å²) >= 11 is 5.85. The highest BCUT2D eigenvalue weighted by molar-refractivity contribution is 6.30. The van der Waals surface area contributed by atoms with E-state index < -0.39 is 6.10 Å². The number of hydrogen-bond acceptors (Lipinski definition) is 2. The Hall–Kier alpha value is -1.22. The zero-order valence-electron chi connectivity index (χ0n) is 12.6. The maximum absolute atomic E-state index is 12.2. The first-order valence-electron chi connectivity index (χ1n) is 7.89. The number of hydrogen-bond donors (Lipinski definition) is 1. The molecule has 0 heterocycles. The Morgan fingerprint density at radius 1 is 1.29 bits per heavy atom. The minimum atomic E-state index is -0.435. The quantitative estimate of drug-likeness (QED) is 0.855. The smallest absolute Gasteiger partial charge is 0.261 e. The van der Waals surface area contributed by atoms with E-state index in [4.69, 9.17) is 16.3 Å². The number of halogens is 1. The minimum absolute atomic E-state index is 0.0157. The molecule has 116 valence electrons. The van der Waals surface area contributed by atoms with Crippen LogP contribution in [0.2, 0.25) is 5.02 Å². The molecule has 1 amide bonds. The lowest BCUT2D eigenvalue weighted by Gasteiger charge is -2.23. The first kappa shape index (κ1) is 16.2. The molecule has 3 nitrogen and oxygen atoms in total. The predicted molar refractivity (Wildman–Crippen MR) is 85.7 cm³/mol. The van der Waals surface area contributed by atoms with Gasteiger partial charge in [0, 0.05) is 11.6 Å². The Morgan fingerprint density at radius 3 is 2.57 bits per heavy atom. The predicted octanol–water partition coefficient (Wildman–Crippen LogP) is 4.19. The van der Waals surface area contributed by atoms with Crippen molar-refractivity contribution in [2.75, 3.05) is 6.54 Å². The standard InChI is InChI=1S/C17H24ClNO2/c1-2-16(21-15-10-8-14(18)9-11-15)17(20)19-12-13-6-4-3-5-7-13/h8-11,13,16H,2-7,12H2,1H3,(H,19,20)/t16-/m0/s1. The van der Waals surface area contributed by atoms with E-state index in [0.717, 1.165) is 6.54 Å². The molecule has 0 saturated heterocycles. The van der Waals surface area contributed by atoms with E-state index in [1.165, 1.54) is 32.1 Å². The maximum atomic E-state index is 12.2. The van der Waals surface area contributed by atoms with Gasteiger partial charge in [0.2, 0.25) is 0 Å². The Bertz CT molecular complexity index is 441. The number of carbonyl (C=O) groups is 1. The average Bonchev–Trinajstić information content (AvgIpc) is 2.53. The van der Waals surface area contributed by atoms with Gasteiger partial charge in [0.1, 0.15) is 5.75 Å². The van der Waals surface area contributed by atoms with Gasteiger partial charge in [0.25, 0.3) is 5.91 Å². The van der Waals surface area contributed by atoms with Crippen molar-refractivity contribution in [3.63, 3.8) is 0 Å². The fourth-order valence-electron chi connectivity index (χ4n) is 2.75. The number of rotatable bonds is 6. The Morgan fingerprint density at radius 2 is 1.95 bits per heavy atom. The third-order valence-corrected chi connectivity index (χ3v) is 4.30. The van der Waals surface area contributed by atoms with Crippen LogP contribution >= 0.6 is 11.6 Å². The third kappa shape index (κ3) is 5.24. The molecule has 1 atom stereocenters. The van der Waals surface area contributed by atoms with Crippen molar-refractivity contribution in [1.29, 1.82) is 0 Å². The fraction of sp³-hybridized carbons (Fsp3) is 0.588. The lowest BCUT2D eigenvalue weighted by molar-refractivity contribution is -0.128. The molecule has 0 bridgehead atoms. The van der Waals surface area contributed by atoms with E-state index >= 15 is 0 Å². The number of nitrogens with one attached hydrogen (secondary N) is 1. The molecule has 2 rings (SSSR count). The molecule has 1 aromatic rings. The molecule has 0 aliphatic heterocycles. The Kier molecular flexibility index (Phi) is 6.37. The van der Waals surface area contributed by atoms with E-state index in [2.05, 4.69) is 5.32 Å². The first-order chi connectivity index (χ1) is 10.2. The molecule has 0 unspecified atom stereocenters. The van der Waals surface area contributed by atoms with Crippen molar-refractivity contribution in [3.05, 3.63) is 29.3 Å². The maximum Gasteiger partial charge on any atom is 0.261 e. The molecular formula is C17H24ClNO2. The number of benzene rings is 1. The molecular weight excluding hydrogens is 286 g/mol. The lowest BCUT2D eigenvalue weighted by atomic mass is 9.89. The normalized spacial score (nSPS) is 17.2. The van der Waals surface area contributed by atoms with Gasteiger partial charge in [-0.25, -0.2) is 0 Å². The van der Waals surface area contributed by atoms with Gasteiger partial charge in [-0.2, -0.15) is 0 Å². The highest BCUT2D eigenvalue weighted by atomic mass is 35.5. The van der Waals surface area contributed by atoms with Gasteiger partial charge < -0.3 is 10.1 Å². The SMILES string of the molecule is CC[C@H](Oc1ccc(Cl)cc1)C(=O)NCC1CCCCC1. The topological polar surface area (TPSA) is 38.3 Å². The van der Waals surface area contributed by atoms with Crippen molar-refractivity contribution in [1.82, 2.24) is 5.32 Å². The number of amides is 1. The van der Waals surface area contributed by atoms with Crippen molar-refractivity contribution in [3.8, 4) is 5.75 Å². The van der Waals surface area contributed by atoms with Crippen LogP contribution in [0.4, 0.5) is 0 Å². The molecule has 1 aliphatic carbocycles. The first-order valence-corrected chi connectivity index (χ1v) is 8.26. The summed E-state index contributed by atoms with van der Waals surface area (Å²) in [5.41, 5.74) is 0. The summed E-state index contributed by atoms with van der Waals surface area (Å²) < 4.78 is 5.75. The van der Waals surface area contributed by atoms with E-state index in [0.29, 0.717) is 23.1 Å². The zero-order chi connectivity index (χ0) is 15.1. The molecule has 1 aromatic carbocycles. The monoisotopic (exact) mass is 309 g/mol. The van der Waals surface area contributed by atoms with Gasteiger partial charge in [-0.3, -0.25) is 4.79 Å². The van der Waals surface area contributed by atoms with Crippen molar-refractivity contribution >= 4 is 17.5 Å². The molecule has 4 heteroatoms. The van der Waals surface area contributed by atoms with E-state index in [1.54, 1.807) is 24.3 Å². The van der Waals surface area contributed by atoms with Crippen LogP contribution in [0, 0.1) is 5.92 Å². The summed E-state index contributed by atoms with van der Waals surface area (Å²) in [7, 11) is 0. The van der Waals surface area contributed by atoms with E-state index in [9.17, 15) is 4.79 Å². The van der Waals surface area contributed by atoms with Crippen LogP contribution < -0.4 is 10.1 Å². The fourth-order valence-corrected chi connectivity index (χ4v) is 2.88. The molecule has 0 aromatic heterocycles. The van der Waals surface area contributed by atoms with Crippen LogP contribution in [-0.4, -0.2) is 18.6 Å². The van der Waals surface area contributed by atoms with Crippen LogP contribution in [0.15, 0.2) is 24.3 Å². The summed E-state index contributed by atoms with van der Waals surface area (Å²) in [6, 6.07) is 7.12. The average molecular weight is 310 g/mol. The van der Waals surface area contributed by atoms with Gasteiger partial charge in [-0.15, -0.1) is 0 Å². The van der Waals surface area contributed by atoms with Crippen LogP contribution in [-0.2, 0) is 4.79 Å². The van der Waals surface area contributed by atoms with E-state index in [1.807, 2.05) is 6.92 Å². The van der Waals surface area contributed by atoms with Crippen LogP contribution in [0.5, 0.6) is 5.75 Å². The van der Waals surface area contributed by atoms with Gasteiger partial charge in [0.15, 0.2) is 6.10 Å². The summed E-state index contributed by atoms with van der Waals surface area (Å²) in [6.07, 6.45) is 6.60. The lowest BCUT2D eigenvalue weighted by Crippen LogP contribution is -2.40. The summed E-state index contributed by atoms with van der Waals surface area (Å²) in [5.74, 6) is 1.30. The van der Waals surface area contributed by atoms with Crippen LogP contribution in [0.1, 0.15) is 45.4 Å². The largest absolute Gasteiger partial charge is 0.481 e. The second-order valence-corrected chi connectivity index (χ2v) is 6.15. The molecule has 0 spiro atoms. The summed E-state index contributed by atoms with van der Waals surface area (Å²) in [5, 5.41) is 3.71. The van der Waals surface area contributed by atoms with Crippen molar-refractivity contribution in [2.24, 2.45) is 5.92 Å². The van der Waals surface area contributed by atoms with Crippen LogP contribution in [0.25, 0.3) is 0 Å².